The minimum atomic E-state index is 0.596. The van der Waals surface area contributed by atoms with E-state index in [1.807, 2.05) is 0 Å². The molecule has 1 aliphatic rings. The van der Waals surface area contributed by atoms with Crippen LogP contribution in [0.15, 0.2) is 16.6 Å². The highest BCUT2D eigenvalue weighted by Gasteiger charge is 2.17. The molecule has 1 nitrogen and oxygen atoms in total. The largest absolute Gasteiger partial charge is 0.381 e. The van der Waals surface area contributed by atoms with Crippen molar-refractivity contribution >= 4 is 21.6 Å². The first-order chi connectivity index (χ1) is 7.08. The second-order valence-corrected chi connectivity index (χ2v) is 5.63. The van der Waals surface area contributed by atoms with E-state index in [9.17, 15) is 0 Å². The zero-order chi connectivity index (χ0) is 11.0. The lowest BCUT2D eigenvalue weighted by Crippen LogP contribution is -2.22. The topological polar surface area (TPSA) is 12.0 Å². The Balaban J connectivity index is 2.43. The monoisotopic (exact) mass is 267 g/mol. The SMILES string of the molecule is CC1CCc2cc(C(C)C)cc(Br)c2N1. The number of halogens is 1. The Morgan fingerprint density at radius 3 is 2.80 bits per heavy atom. The predicted octanol–water partition coefficient (Wildman–Crippen LogP) is 4.32. The van der Waals surface area contributed by atoms with E-state index in [0.717, 1.165) is 0 Å². The third-order valence-electron chi connectivity index (χ3n) is 3.10. The Morgan fingerprint density at radius 2 is 2.13 bits per heavy atom. The minimum absolute atomic E-state index is 0.596. The molecule has 0 saturated heterocycles. The van der Waals surface area contributed by atoms with Crippen LogP contribution in [-0.2, 0) is 6.42 Å². The van der Waals surface area contributed by atoms with Crippen molar-refractivity contribution in [2.45, 2.75) is 45.6 Å². The van der Waals surface area contributed by atoms with Crippen molar-refractivity contribution in [3.63, 3.8) is 0 Å². The minimum Gasteiger partial charge on any atom is -0.381 e. The Kier molecular flexibility index (Phi) is 3.06. The highest BCUT2D eigenvalue weighted by atomic mass is 79.9. The Labute approximate surface area is 100 Å². The van der Waals surface area contributed by atoms with Crippen molar-refractivity contribution < 1.29 is 0 Å². The molecule has 0 fully saturated rings. The van der Waals surface area contributed by atoms with Crippen LogP contribution < -0.4 is 5.32 Å². The summed E-state index contributed by atoms with van der Waals surface area (Å²) >= 11 is 3.67. The molecule has 0 saturated carbocycles. The molecule has 1 aromatic carbocycles. The molecule has 1 unspecified atom stereocenters. The summed E-state index contributed by atoms with van der Waals surface area (Å²) in [5.41, 5.74) is 4.20. The average Bonchev–Trinajstić information content (AvgIpc) is 2.18. The quantitative estimate of drug-likeness (QED) is 0.799. The normalized spacial score (nSPS) is 19.9. The highest BCUT2D eigenvalue weighted by Crippen LogP contribution is 2.35. The Hall–Kier alpha value is -0.500. The molecule has 1 aliphatic heterocycles. The van der Waals surface area contributed by atoms with Crippen LogP contribution in [0.25, 0.3) is 0 Å². The Bertz CT molecular complexity index is 371. The molecule has 0 aliphatic carbocycles. The summed E-state index contributed by atoms with van der Waals surface area (Å²) in [7, 11) is 0. The summed E-state index contributed by atoms with van der Waals surface area (Å²) in [6.07, 6.45) is 2.43. The molecule has 0 bridgehead atoms. The van der Waals surface area contributed by atoms with Gasteiger partial charge in [-0.15, -0.1) is 0 Å². The molecular formula is C13H18BrN. The second kappa shape index (κ2) is 4.17. The molecule has 82 valence electrons. The maximum atomic E-state index is 3.67. The van der Waals surface area contributed by atoms with Gasteiger partial charge in [0.2, 0.25) is 0 Å². The van der Waals surface area contributed by atoms with Crippen molar-refractivity contribution in [2.75, 3.05) is 5.32 Å². The van der Waals surface area contributed by atoms with Gasteiger partial charge in [0.15, 0.2) is 0 Å². The number of hydrogen-bond donors (Lipinski definition) is 1. The maximum Gasteiger partial charge on any atom is 0.0519 e. The highest BCUT2D eigenvalue weighted by molar-refractivity contribution is 9.10. The number of nitrogens with one attached hydrogen (secondary N) is 1. The van der Waals surface area contributed by atoms with Gasteiger partial charge in [0.1, 0.15) is 0 Å². The zero-order valence-electron chi connectivity index (χ0n) is 9.60. The van der Waals surface area contributed by atoms with E-state index in [2.05, 4.69) is 54.2 Å². The summed E-state index contributed by atoms with van der Waals surface area (Å²) in [5.74, 6) is 0.603. The van der Waals surface area contributed by atoms with Gasteiger partial charge in [-0.1, -0.05) is 19.9 Å². The molecular weight excluding hydrogens is 250 g/mol. The predicted molar refractivity (Wildman–Crippen MR) is 69.6 cm³/mol. The molecule has 1 aromatic rings. The fourth-order valence-corrected chi connectivity index (χ4v) is 2.70. The lowest BCUT2D eigenvalue weighted by Gasteiger charge is -2.26. The third-order valence-corrected chi connectivity index (χ3v) is 3.72. The van der Waals surface area contributed by atoms with E-state index in [4.69, 9.17) is 0 Å². The van der Waals surface area contributed by atoms with E-state index in [0.29, 0.717) is 12.0 Å². The van der Waals surface area contributed by atoms with Crippen LogP contribution in [0.4, 0.5) is 5.69 Å². The summed E-state index contributed by atoms with van der Waals surface area (Å²) in [6.45, 7) is 6.73. The van der Waals surface area contributed by atoms with Crippen molar-refractivity contribution in [1.82, 2.24) is 0 Å². The van der Waals surface area contributed by atoms with Crippen molar-refractivity contribution in [3.05, 3.63) is 27.7 Å². The Morgan fingerprint density at radius 1 is 1.40 bits per heavy atom. The molecule has 2 heteroatoms. The number of hydrogen-bond acceptors (Lipinski definition) is 1. The molecule has 15 heavy (non-hydrogen) atoms. The molecule has 1 heterocycles. The van der Waals surface area contributed by atoms with E-state index >= 15 is 0 Å². The van der Waals surface area contributed by atoms with Gasteiger partial charge >= 0.3 is 0 Å². The van der Waals surface area contributed by atoms with Crippen molar-refractivity contribution in [1.29, 1.82) is 0 Å². The van der Waals surface area contributed by atoms with E-state index in [1.54, 1.807) is 0 Å². The summed E-state index contributed by atoms with van der Waals surface area (Å²) < 4.78 is 1.22. The van der Waals surface area contributed by atoms with Crippen LogP contribution >= 0.6 is 15.9 Å². The van der Waals surface area contributed by atoms with Crippen LogP contribution in [0.2, 0.25) is 0 Å². The summed E-state index contributed by atoms with van der Waals surface area (Å²) in [4.78, 5) is 0. The molecule has 0 amide bonds. The van der Waals surface area contributed by atoms with Gasteiger partial charge in [-0.2, -0.15) is 0 Å². The molecule has 2 rings (SSSR count). The zero-order valence-corrected chi connectivity index (χ0v) is 11.2. The third kappa shape index (κ3) is 2.20. The number of fused-ring (bicyclic) bond motifs is 1. The van der Waals surface area contributed by atoms with Crippen LogP contribution in [0.1, 0.15) is 44.2 Å². The summed E-state index contributed by atoms with van der Waals surface area (Å²) in [5, 5.41) is 3.55. The number of aryl methyl sites for hydroxylation is 1. The summed E-state index contributed by atoms with van der Waals surface area (Å²) in [6, 6.07) is 5.19. The van der Waals surface area contributed by atoms with E-state index < -0.39 is 0 Å². The molecule has 0 aromatic heterocycles. The fraction of sp³-hybridized carbons (Fsp3) is 0.538. The van der Waals surface area contributed by atoms with E-state index in [1.165, 1.54) is 34.1 Å². The molecule has 0 radical (unpaired) electrons. The first-order valence-electron chi connectivity index (χ1n) is 5.66. The van der Waals surface area contributed by atoms with Crippen molar-refractivity contribution in [3.8, 4) is 0 Å². The smallest absolute Gasteiger partial charge is 0.0519 e. The maximum absolute atomic E-state index is 3.67. The number of benzene rings is 1. The van der Waals surface area contributed by atoms with Crippen LogP contribution in [0.3, 0.4) is 0 Å². The van der Waals surface area contributed by atoms with Gasteiger partial charge in [0, 0.05) is 10.5 Å². The lowest BCUT2D eigenvalue weighted by molar-refractivity contribution is 0.678. The van der Waals surface area contributed by atoms with Crippen molar-refractivity contribution in [2.24, 2.45) is 0 Å². The lowest BCUT2D eigenvalue weighted by atomic mass is 9.94. The van der Waals surface area contributed by atoms with Crippen LogP contribution in [0, 0.1) is 0 Å². The van der Waals surface area contributed by atoms with Crippen LogP contribution in [0.5, 0.6) is 0 Å². The first-order valence-corrected chi connectivity index (χ1v) is 6.46. The average molecular weight is 268 g/mol. The fourth-order valence-electron chi connectivity index (χ4n) is 2.07. The van der Waals surface area contributed by atoms with E-state index in [-0.39, 0.29) is 0 Å². The number of rotatable bonds is 1. The molecule has 1 N–H and O–H groups in total. The molecule has 1 atom stereocenters. The first kappa shape index (κ1) is 11.0. The van der Waals surface area contributed by atoms with Gasteiger partial charge in [0.25, 0.3) is 0 Å². The second-order valence-electron chi connectivity index (χ2n) is 4.78. The van der Waals surface area contributed by atoms with Gasteiger partial charge in [0.05, 0.1) is 5.69 Å². The van der Waals surface area contributed by atoms with Gasteiger partial charge in [-0.05, 0) is 58.8 Å². The molecule has 0 spiro atoms. The van der Waals surface area contributed by atoms with Gasteiger partial charge < -0.3 is 5.32 Å². The van der Waals surface area contributed by atoms with Gasteiger partial charge in [-0.3, -0.25) is 0 Å². The van der Waals surface area contributed by atoms with Crippen LogP contribution in [-0.4, -0.2) is 6.04 Å². The number of anilines is 1. The van der Waals surface area contributed by atoms with Gasteiger partial charge in [-0.25, -0.2) is 0 Å². The standard InChI is InChI=1S/C13H18BrN/c1-8(2)11-6-10-5-4-9(3)15-13(10)12(14)7-11/h6-9,15H,4-5H2,1-3H3.